The molecule has 2 bridgehead atoms. The van der Waals surface area contributed by atoms with Crippen LogP contribution in [0.2, 0.25) is 0 Å². The summed E-state index contributed by atoms with van der Waals surface area (Å²) >= 11 is 3.51. The van der Waals surface area contributed by atoms with Crippen molar-refractivity contribution in [3.8, 4) is 0 Å². The first-order valence-corrected chi connectivity index (χ1v) is 7.97. The number of halogens is 1. The quantitative estimate of drug-likeness (QED) is 0.871. The molecule has 1 N–H and O–H groups in total. The standard InChI is InChI=1S/C16H20BrNO/c1-10-2-5-15(14(17)6-10)18-16(19)9-13-8-11-3-4-12(13)7-11/h2,5-6,11-13H,3-4,7-9H2,1H3,(H,18,19)/t11-,12+,13+/m0/s1. The highest BCUT2D eigenvalue weighted by Crippen LogP contribution is 2.49. The highest BCUT2D eigenvalue weighted by Gasteiger charge is 2.40. The van der Waals surface area contributed by atoms with Crippen molar-refractivity contribution in [1.82, 2.24) is 0 Å². The van der Waals surface area contributed by atoms with Crippen LogP contribution in [0.4, 0.5) is 5.69 Å². The van der Waals surface area contributed by atoms with Crippen molar-refractivity contribution in [2.75, 3.05) is 5.32 Å². The molecular weight excluding hydrogens is 302 g/mol. The Hall–Kier alpha value is -0.830. The summed E-state index contributed by atoms with van der Waals surface area (Å²) in [5.41, 5.74) is 2.08. The van der Waals surface area contributed by atoms with Crippen LogP contribution in [0.3, 0.4) is 0 Å². The predicted molar refractivity (Wildman–Crippen MR) is 81.1 cm³/mol. The zero-order valence-corrected chi connectivity index (χ0v) is 12.9. The second-order valence-electron chi connectivity index (χ2n) is 6.17. The fourth-order valence-corrected chi connectivity index (χ4v) is 4.38. The van der Waals surface area contributed by atoms with Gasteiger partial charge >= 0.3 is 0 Å². The Morgan fingerprint density at radius 1 is 1.37 bits per heavy atom. The van der Waals surface area contributed by atoms with Crippen molar-refractivity contribution in [3.63, 3.8) is 0 Å². The molecule has 3 rings (SSSR count). The summed E-state index contributed by atoms with van der Waals surface area (Å²) in [5.74, 6) is 2.52. The number of amides is 1. The smallest absolute Gasteiger partial charge is 0.224 e. The molecule has 2 aliphatic carbocycles. The fraction of sp³-hybridized carbons (Fsp3) is 0.562. The number of fused-ring (bicyclic) bond motifs is 2. The van der Waals surface area contributed by atoms with Crippen LogP contribution in [0.25, 0.3) is 0 Å². The topological polar surface area (TPSA) is 29.1 Å². The summed E-state index contributed by atoms with van der Waals surface area (Å²) in [6.45, 7) is 2.05. The Bertz CT molecular complexity index is 500. The van der Waals surface area contributed by atoms with Gasteiger partial charge in [-0.25, -0.2) is 0 Å². The Labute approximate surface area is 123 Å². The van der Waals surface area contributed by atoms with Crippen LogP contribution in [-0.2, 0) is 4.79 Å². The van der Waals surface area contributed by atoms with Crippen LogP contribution >= 0.6 is 15.9 Å². The van der Waals surface area contributed by atoms with E-state index >= 15 is 0 Å². The van der Waals surface area contributed by atoms with Gasteiger partial charge in [0, 0.05) is 10.9 Å². The number of nitrogens with one attached hydrogen (secondary N) is 1. The molecule has 0 aliphatic heterocycles. The first kappa shape index (κ1) is 13.2. The second kappa shape index (κ2) is 5.28. The minimum Gasteiger partial charge on any atom is -0.325 e. The molecule has 102 valence electrons. The van der Waals surface area contributed by atoms with E-state index in [1.807, 2.05) is 25.1 Å². The van der Waals surface area contributed by atoms with Crippen LogP contribution in [0.1, 0.15) is 37.7 Å². The average molecular weight is 322 g/mol. The van der Waals surface area contributed by atoms with Crippen molar-refractivity contribution in [1.29, 1.82) is 0 Å². The Balaban J connectivity index is 1.59. The van der Waals surface area contributed by atoms with Crippen LogP contribution < -0.4 is 5.32 Å². The van der Waals surface area contributed by atoms with E-state index < -0.39 is 0 Å². The lowest BCUT2D eigenvalue weighted by Gasteiger charge is -2.21. The molecule has 1 aromatic carbocycles. The van der Waals surface area contributed by atoms with Gasteiger partial charge < -0.3 is 5.32 Å². The van der Waals surface area contributed by atoms with E-state index in [-0.39, 0.29) is 5.91 Å². The molecule has 2 aliphatic rings. The summed E-state index contributed by atoms with van der Waals surface area (Å²) < 4.78 is 0.966. The highest BCUT2D eigenvalue weighted by atomic mass is 79.9. The number of aryl methyl sites for hydroxylation is 1. The maximum Gasteiger partial charge on any atom is 0.224 e. The predicted octanol–water partition coefficient (Wildman–Crippen LogP) is 4.52. The number of hydrogen-bond acceptors (Lipinski definition) is 1. The third-order valence-electron chi connectivity index (χ3n) is 4.73. The molecule has 0 heterocycles. The number of carbonyl (C=O) groups is 1. The minimum atomic E-state index is 0.169. The van der Waals surface area contributed by atoms with Gasteiger partial charge in [0.15, 0.2) is 0 Å². The van der Waals surface area contributed by atoms with Gasteiger partial charge in [-0.3, -0.25) is 4.79 Å². The third kappa shape index (κ3) is 2.86. The Kier molecular flexibility index (Phi) is 3.66. The van der Waals surface area contributed by atoms with E-state index in [4.69, 9.17) is 0 Å². The summed E-state index contributed by atoms with van der Waals surface area (Å²) in [7, 11) is 0. The normalized spacial score (nSPS) is 28.6. The van der Waals surface area contributed by atoms with Gasteiger partial charge in [-0.2, -0.15) is 0 Å². The molecule has 3 atom stereocenters. The number of benzene rings is 1. The molecule has 2 nitrogen and oxygen atoms in total. The van der Waals surface area contributed by atoms with Crippen LogP contribution in [0, 0.1) is 24.7 Å². The third-order valence-corrected chi connectivity index (χ3v) is 5.39. The van der Waals surface area contributed by atoms with Gasteiger partial charge in [-0.1, -0.05) is 12.5 Å². The maximum absolute atomic E-state index is 12.1. The van der Waals surface area contributed by atoms with Gasteiger partial charge in [0.25, 0.3) is 0 Å². The molecule has 2 saturated carbocycles. The number of rotatable bonds is 3. The van der Waals surface area contributed by atoms with Gasteiger partial charge in [0.2, 0.25) is 5.91 Å². The number of anilines is 1. The van der Waals surface area contributed by atoms with E-state index in [2.05, 4.69) is 21.2 Å². The summed E-state index contributed by atoms with van der Waals surface area (Å²) in [6, 6.07) is 6.03. The first-order chi connectivity index (χ1) is 9.11. The van der Waals surface area contributed by atoms with E-state index in [1.165, 1.54) is 31.2 Å². The lowest BCUT2D eigenvalue weighted by atomic mass is 9.86. The van der Waals surface area contributed by atoms with Gasteiger partial charge in [-0.05, 0) is 77.6 Å². The van der Waals surface area contributed by atoms with Gasteiger partial charge in [0.05, 0.1) is 5.69 Å². The van der Waals surface area contributed by atoms with E-state index in [0.717, 1.165) is 22.0 Å². The van der Waals surface area contributed by atoms with Crippen molar-refractivity contribution in [2.45, 2.75) is 39.0 Å². The van der Waals surface area contributed by atoms with Crippen LogP contribution in [-0.4, -0.2) is 5.91 Å². The molecular formula is C16H20BrNO. The monoisotopic (exact) mass is 321 g/mol. The van der Waals surface area contributed by atoms with Crippen molar-refractivity contribution >= 4 is 27.5 Å². The Morgan fingerprint density at radius 3 is 2.84 bits per heavy atom. The van der Waals surface area contributed by atoms with E-state index in [9.17, 15) is 4.79 Å². The summed E-state index contributed by atoms with van der Waals surface area (Å²) in [6.07, 6.45) is 6.07. The lowest BCUT2D eigenvalue weighted by molar-refractivity contribution is -0.117. The zero-order chi connectivity index (χ0) is 13.4. The molecule has 2 fully saturated rings. The molecule has 0 saturated heterocycles. The van der Waals surface area contributed by atoms with Gasteiger partial charge in [-0.15, -0.1) is 0 Å². The van der Waals surface area contributed by atoms with Crippen LogP contribution in [0.15, 0.2) is 22.7 Å². The summed E-state index contributed by atoms with van der Waals surface area (Å²) in [4.78, 5) is 12.1. The Morgan fingerprint density at radius 2 is 2.21 bits per heavy atom. The molecule has 3 heteroatoms. The minimum absolute atomic E-state index is 0.169. The molecule has 1 aromatic rings. The van der Waals surface area contributed by atoms with Gasteiger partial charge in [0.1, 0.15) is 0 Å². The maximum atomic E-state index is 12.1. The molecule has 1 amide bonds. The number of hydrogen-bond donors (Lipinski definition) is 1. The van der Waals surface area contributed by atoms with Crippen LogP contribution in [0.5, 0.6) is 0 Å². The lowest BCUT2D eigenvalue weighted by Crippen LogP contribution is -2.20. The molecule has 19 heavy (non-hydrogen) atoms. The highest BCUT2D eigenvalue weighted by molar-refractivity contribution is 9.10. The molecule has 0 aromatic heterocycles. The number of carbonyl (C=O) groups excluding carboxylic acids is 1. The van der Waals surface area contributed by atoms with E-state index in [1.54, 1.807) is 0 Å². The van der Waals surface area contributed by atoms with Crippen molar-refractivity contribution < 1.29 is 4.79 Å². The average Bonchev–Trinajstić information content (AvgIpc) is 2.95. The largest absolute Gasteiger partial charge is 0.325 e. The van der Waals surface area contributed by atoms with Crippen molar-refractivity contribution in [3.05, 3.63) is 28.2 Å². The summed E-state index contributed by atoms with van der Waals surface area (Å²) in [5, 5.41) is 3.04. The first-order valence-electron chi connectivity index (χ1n) is 7.18. The molecule has 0 unspecified atom stereocenters. The fourth-order valence-electron chi connectivity index (χ4n) is 3.79. The van der Waals surface area contributed by atoms with E-state index in [0.29, 0.717) is 12.3 Å². The second-order valence-corrected chi connectivity index (χ2v) is 7.02. The molecule has 0 radical (unpaired) electrons. The molecule has 0 spiro atoms. The zero-order valence-electron chi connectivity index (χ0n) is 11.3. The van der Waals surface area contributed by atoms with Crippen molar-refractivity contribution in [2.24, 2.45) is 17.8 Å². The SMILES string of the molecule is Cc1ccc(NC(=O)C[C@H]2C[C@H]3CC[C@@H]2C3)c(Br)c1.